The van der Waals surface area contributed by atoms with Gasteiger partial charge in [-0.2, -0.15) is 5.26 Å². The highest BCUT2D eigenvalue weighted by Gasteiger charge is 2.08. The molecule has 0 aliphatic heterocycles. The lowest BCUT2D eigenvalue weighted by Crippen LogP contribution is -2.04. The number of hydrogen-bond donors (Lipinski definition) is 1. The number of nitrogen functional groups attached to an aromatic ring is 1. The summed E-state index contributed by atoms with van der Waals surface area (Å²) in [5.74, 6) is -0.362. The standard InChI is InChI=1S/C16H14N2O2/c1-2-20-16(19)13-5-3-4-12(8-13)14-6-11(10-17)7-15(18)9-14/h3-9H,2,18H2,1H3. The molecule has 0 aromatic heterocycles. The van der Waals surface area contributed by atoms with Crippen molar-refractivity contribution in [1.82, 2.24) is 0 Å². The van der Waals surface area contributed by atoms with Crippen molar-refractivity contribution in [2.24, 2.45) is 0 Å². The van der Waals surface area contributed by atoms with Crippen molar-refractivity contribution < 1.29 is 9.53 Å². The second kappa shape index (κ2) is 5.89. The van der Waals surface area contributed by atoms with Crippen LogP contribution in [0.5, 0.6) is 0 Å². The molecule has 0 bridgehead atoms. The van der Waals surface area contributed by atoms with E-state index in [0.717, 1.165) is 11.1 Å². The number of rotatable bonds is 3. The quantitative estimate of drug-likeness (QED) is 0.684. The smallest absolute Gasteiger partial charge is 0.338 e. The van der Waals surface area contributed by atoms with Crippen LogP contribution in [0.2, 0.25) is 0 Å². The van der Waals surface area contributed by atoms with Crippen LogP contribution in [0.15, 0.2) is 42.5 Å². The van der Waals surface area contributed by atoms with Crippen LogP contribution in [0, 0.1) is 11.3 Å². The van der Waals surface area contributed by atoms with Crippen LogP contribution in [0.4, 0.5) is 5.69 Å². The highest BCUT2D eigenvalue weighted by atomic mass is 16.5. The Morgan fingerprint density at radius 2 is 2.05 bits per heavy atom. The van der Waals surface area contributed by atoms with Gasteiger partial charge in [-0.15, -0.1) is 0 Å². The predicted octanol–water partition coefficient (Wildman–Crippen LogP) is 2.98. The third-order valence-corrected chi connectivity index (χ3v) is 2.79. The van der Waals surface area contributed by atoms with Gasteiger partial charge in [0.1, 0.15) is 0 Å². The fraction of sp³-hybridized carbons (Fsp3) is 0.125. The number of nitriles is 1. The molecule has 0 amide bonds. The predicted molar refractivity (Wildman–Crippen MR) is 77.0 cm³/mol. The van der Waals surface area contributed by atoms with Crippen molar-refractivity contribution >= 4 is 11.7 Å². The first-order chi connectivity index (χ1) is 9.63. The number of anilines is 1. The van der Waals surface area contributed by atoms with E-state index in [1.807, 2.05) is 6.07 Å². The molecule has 2 N–H and O–H groups in total. The molecule has 4 nitrogen and oxygen atoms in total. The molecular formula is C16H14N2O2. The zero-order valence-corrected chi connectivity index (χ0v) is 11.1. The van der Waals surface area contributed by atoms with Crippen molar-refractivity contribution in [2.75, 3.05) is 12.3 Å². The molecule has 0 saturated carbocycles. The normalized spacial score (nSPS) is 9.80. The van der Waals surface area contributed by atoms with Crippen molar-refractivity contribution in [3.8, 4) is 17.2 Å². The molecule has 100 valence electrons. The number of carbonyl (C=O) groups excluding carboxylic acids is 1. The zero-order chi connectivity index (χ0) is 14.5. The van der Waals surface area contributed by atoms with E-state index in [-0.39, 0.29) is 5.97 Å². The van der Waals surface area contributed by atoms with E-state index in [9.17, 15) is 4.79 Å². The number of hydrogen-bond acceptors (Lipinski definition) is 4. The minimum atomic E-state index is -0.362. The van der Waals surface area contributed by atoms with Gasteiger partial charge >= 0.3 is 5.97 Å². The molecule has 2 aromatic rings. The van der Waals surface area contributed by atoms with E-state index < -0.39 is 0 Å². The minimum Gasteiger partial charge on any atom is -0.462 e. The summed E-state index contributed by atoms with van der Waals surface area (Å²) < 4.78 is 4.97. The van der Waals surface area contributed by atoms with Crippen molar-refractivity contribution in [1.29, 1.82) is 5.26 Å². The summed E-state index contributed by atoms with van der Waals surface area (Å²) in [7, 11) is 0. The fourth-order valence-electron chi connectivity index (χ4n) is 1.92. The minimum absolute atomic E-state index is 0.333. The molecule has 0 spiro atoms. The Hall–Kier alpha value is -2.80. The molecule has 20 heavy (non-hydrogen) atoms. The van der Waals surface area contributed by atoms with Gasteiger partial charge in [-0.05, 0) is 48.4 Å². The number of esters is 1. The van der Waals surface area contributed by atoms with Gasteiger partial charge in [-0.25, -0.2) is 4.79 Å². The highest BCUT2D eigenvalue weighted by Crippen LogP contribution is 2.24. The number of nitrogens with two attached hydrogens (primary N) is 1. The number of nitrogens with zero attached hydrogens (tertiary/aromatic N) is 1. The third kappa shape index (κ3) is 2.96. The van der Waals surface area contributed by atoms with Gasteiger partial charge in [0, 0.05) is 5.69 Å². The summed E-state index contributed by atoms with van der Waals surface area (Å²) >= 11 is 0. The first kappa shape index (κ1) is 13.6. The number of benzene rings is 2. The molecule has 2 rings (SSSR count). The molecule has 2 aromatic carbocycles. The van der Waals surface area contributed by atoms with Crippen molar-refractivity contribution in [3.05, 3.63) is 53.6 Å². The van der Waals surface area contributed by atoms with E-state index >= 15 is 0 Å². The van der Waals surface area contributed by atoms with Crippen molar-refractivity contribution in [3.63, 3.8) is 0 Å². The van der Waals surface area contributed by atoms with E-state index in [4.69, 9.17) is 15.7 Å². The van der Waals surface area contributed by atoms with E-state index in [1.165, 1.54) is 0 Å². The second-order valence-electron chi connectivity index (χ2n) is 4.26. The molecule has 4 heteroatoms. The Kier molecular flexibility index (Phi) is 4.02. The van der Waals surface area contributed by atoms with Gasteiger partial charge in [-0.3, -0.25) is 0 Å². The molecular weight excluding hydrogens is 252 g/mol. The van der Waals surface area contributed by atoms with Crippen molar-refractivity contribution in [2.45, 2.75) is 6.92 Å². The van der Waals surface area contributed by atoms with Gasteiger partial charge < -0.3 is 10.5 Å². The maximum atomic E-state index is 11.7. The van der Waals surface area contributed by atoms with Crippen LogP contribution in [-0.2, 0) is 4.74 Å². The summed E-state index contributed by atoms with van der Waals surface area (Å²) in [5.41, 5.74) is 8.87. The Labute approximate surface area is 117 Å². The van der Waals surface area contributed by atoms with Gasteiger partial charge in [0.2, 0.25) is 0 Å². The molecule has 0 aliphatic rings. The largest absolute Gasteiger partial charge is 0.462 e. The molecule has 0 aliphatic carbocycles. The highest BCUT2D eigenvalue weighted by molar-refractivity contribution is 5.91. The van der Waals surface area contributed by atoms with Crippen LogP contribution in [0.3, 0.4) is 0 Å². The van der Waals surface area contributed by atoms with Gasteiger partial charge in [0.05, 0.1) is 23.8 Å². The molecule has 0 heterocycles. The molecule has 0 radical (unpaired) electrons. The van der Waals surface area contributed by atoms with Crippen LogP contribution in [0.25, 0.3) is 11.1 Å². The van der Waals surface area contributed by atoms with Crippen LogP contribution in [0.1, 0.15) is 22.8 Å². The van der Waals surface area contributed by atoms with Gasteiger partial charge in [0.15, 0.2) is 0 Å². The summed E-state index contributed by atoms with van der Waals surface area (Å²) in [5, 5.41) is 8.97. The topological polar surface area (TPSA) is 76.1 Å². The average Bonchev–Trinajstić information content (AvgIpc) is 2.47. The van der Waals surface area contributed by atoms with Gasteiger partial charge in [0.25, 0.3) is 0 Å². The zero-order valence-electron chi connectivity index (χ0n) is 11.1. The Morgan fingerprint density at radius 1 is 1.25 bits per heavy atom. The van der Waals surface area contributed by atoms with Crippen LogP contribution < -0.4 is 5.73 Å². The summed E-state index contributed by atoms with van der Waals surface area (Å²) in [6, 6.07) is 14.2. The monoisotopic (exact) mass is 266 g/mol. The second-order valence-corrected chi connectivity index (χ2v) is 4.26. The maximum absolute atomic E-state index is 11.7. The number of carbonyl (C=O) groups is 1. The molecule has 0 saturated heterocycles. The molecule has 0 unspecified atom stereocenters. The van der Waals surface area contributed by atoms with E-state index in [0.29, 0.717) is 23.4 Å². The molecule has 0 fully saturated rings. The lowest BCUT2D eigenvalue weighted by molar-refractivity contribution is 0.0526. The number of ether oxygens (including phenoxy) is 1. The maximum Gasteiger partial charge on any atom is 0.338 e. The van der Waals surface area contributed by atoms with Crippen LogP contribution in [-0.4, -0.2) is 12.6 Å². The van der Waals surface area contributed by atoms with E-state index in [1.54, 1.807) is 43.3 Å². The lowest BCUT2D eigenvalue weighted by atomic mass is 10.0. The molecule has 0 atom stereocenters. The Balaban J connectivity index is 2.43. The summed E-state index contributed by atoms with van der Waals surface area (Å²) in [6.07, 6.45) is 0. The van der Waals surface area contributed by atoms with Crippen LogP contribution >= 0.6 is 0 Å². The first-order valence-corrected chi connectivity index (χ1v) is 6.22. The Bertz CT molecular complexity index is 687. The Morgan fingerprint density at radius 3 is 2.75 bits per heavy atom. The first-order valence-electron chi connectivity index (χ1n) is 6.22. The summed E-state index contributed by atoms with van der Waals surface area (Å²) in [6.45, 7) is 2.10. The SMILES string of the molecule is CCOC(=O)c1cccc(-c2cc(N)cc(C#N)c2)c1. The lowest BCUT2D eigenvalue weighted by Gasteiger charge is -2.07. The average molecular weight is 266 g/mol. The summed E-state index contributed by atoms with van der Waals surface area (Å²) in [4.78, 5) is 11.7. The van der Waals surface area contributed by atoms with Gasteiger partial charge in [-0.1, -0.05) is 12.1 Å². The fourth-order valence-corrected chi connectivity index (χ4v) is 1.92. The van der Waals surface area contributed by atoms with E-state index in [2.05, 4.69) is 6.07 Å². The third-order valence-electron chi connectivity index (χ3n) is 2.79.